The molecule has 3 heteroatoms. The van der Waals surface area contributed by atoms with E-state index in [1.54, 1.807) is 7.11 Å². The molecule has 0 spiro atoms. The number of anilines is 2. The van der Waals surface area contributed by atoms with Gasteiger partial charge < -0.3 is 15.4 Å². The lowest BCUT2D eigenvalue weighted by Gasteiger charge is -2.31. The molecule has 1 rings (SSSR count). The molecule has 1 atom stereocenters. The molecule has 0 fully saturated rings. The Morgan fingerprint density at radius 1 is 1.44 bits per heavy atom. The van der Waals surface area contributed by atoms with Crippen LogP contribution in [0.4, 0.5) is 11.4 Å². The molecular weight excluding hydrogens is 200 g/mol. The summed E-state index contributed by atoms with van der Waals surface area (Å²) in [5.41, 5.74) is 9.12. The summed E-state index contributed by atoms with van der Waals surface area (Å²) in [7, 11) is 1.73. The van der Waals surface area contributed by atoms with Crippen molar-refractivity contribution in [3.63, 3.8) is 0 Å². The Morgan fingerprint density at radius 2 is 2.12 bits per heavy atom. The van der Waals surface area contributed by atoms with Crippen LogP contribution in [0.5, 0.6) is 0 Å². The molecule has 90 valence electrons. The first kappa shape index (κ1) is 12.8. The van der Waals surface area contributed by atoms with Gasteiger partial charge in [0.25, 0.3) is 0 Å². The molecule has 1 aromatic carbocycles. The van der Waals surface area contributed by atoms with Crippen LogP contribution in [0, 0.1) is 6.92 Å². The fourth-order valence-electron chi connectivity index (χ4n) is 2.00. The minimum Gasteiger partial charge on any atom is -0.398 e. The fraction of sp³-hybridized carbons (Fsp3) is 0.538. The number of nitrogens with zero attached hydrogens (tertiary/aromatic N) is 1. The highest BCUT2D eigenvalue weighted by molar-refractivity contribution is 5.64. The zero-order valence-corrected chi connectivity index (χ0v) is 10.7. The van der Waals surface area contributed by atoms with Crippen molar-refractivity contribution in [2.45, 2.75) is 26.8 Å². The van der Waals surface area contributed by atoms with E-state index in [9.17, 15) is 0 Å². The maximum Gasteiger partial charge on any atom is 0.0663 e. The summed E-state index contributed by atoms with van der Waals surface area (Å²) in [4.78, 5) is 2.31. The molecule has 0 bridgehead atoms. The monoisotopic (exact) mass is 222 g/mol. The Kier molecular flexibility index (Phi) is 4.62. The van der Waals surface area contributed by atoms with Crippen LogP contribution in [0.15, 0.2) is 18.2 Å². The van der Waals surface area contributed by atoms with Crippen LogP contribution < -0.4 is 10.6 Å². The van der Waals surface area contributed by atoms with Crippen molar-refractivity contribution in [3.05, 3.63) is 23.8 Å². The number of nitrogens with two attached hydrogens (primary N) is 1. The maximum absolute atomic E-state index is 5.93. The number of methoxy groups -OCH3 is 1. The van der Waals surface area contributed by atoms with Crippen molar-refractivity contribution in [2.75, 3.05) is 30.9 Å². The standard InChI is InChI=1S/C13H22N2O/c1-5-15(10(2)9-16-4)13-8-6-7-12(14)11(13)3/h6-8,10H,5,9,14H2,1-4H3. The lowest BCUT2D eigenvalue weighted by molar-refractivity contribution is 0.182. The lowest BCUT2D eigenvalue weighted by Crippen LogP contribution is -2.36. The van der Waals surface area contributed by atoms with Gasteiger partial charge in [-0.1, -0.05) is 6.07 Å². The molecular formula is C13H22N2O. The Hall–Kier alpha value is -1.22. The first-order chi connectivity index (χ1) is 7.61. The van der Waals surface area contributed by atoms with E-state index < -0.39 is 0 Å². The van der Waals surface area contributed by atoms with Crippen LogP contribution >= 0.6 is 0 Å². The lowest BCUT2D eigenvalue weighted by atomic mass is 10.1. The van der Waals surface area contributed by atoms with Gasteiger partial charge in [0.05, 0.1) is 6.61 Å². The van der Waals surface area contributed by atoms with Gasteiger partial charge in [0.2, 0.25) is 0 Å². The summed E-state index contributed by atoms with van der Waals surface area (Å²) < 4.78 is 5.21. The van der Waals surface area contributed by atoms with Gasteiger partial charge in [-0.2, -0.15) is 0 Å². The van der Waals surface area contributed by atoms with Crippen molar-refractivity contribution in [3.8, 4) is 0 Å². The average Bonchev–Trinajstić information content (AvgIpc) is 2.25. The summed E-state index contributed by atoms with van der Waals surface area (Å²) in [5, 5.41) is 0. The molecule has 1 unspecified atom stereocenters. The molecule has 0 saturated heterocycles. The van der Waals surface area contributed by atoms with Gasteiger partial charge >= 0.3 is 0 Å². The van der Waals surface area contributed by atoms with Crippen LogP contribution in [0.1, 0.15) is 19.4 Å². The summed E-state index contributed by atoms with van der Waals surface area (Å²) in [5.74, 6) is 0. The molecule has 16 heavy (non-hydrogen) atoms. The smallest absolute Gasteiger partial charge is 0.0663 e. The molecule has 1 aromatic rings. The van der Waals surface area contributed by atoms with E-state index in [1.165, 1.54) is 5.69 Å². The zero-order valence-electron chi connectivity index (χ0n) is 10.7. The Labute approximate surface area is 98.2 Å². The highest BCUT2D eigenvalue weighted by atomic mass is 16.5. The van der Waals surface area contributed by atoms with E-state index in [2.05, 4.69) is 31.7 Å². The van der Waals surface area contributed by atoms with Crippen molar-refractivity contribution in [1.82, 2.24) is 0 Å². The van der Waals surface area contributed by atoms with Crippen LogP contribution in [-0.4, -0.2) is 26.3 Å². The van der Waals surface area contributed by atoms with Crippen LogP contribution in [0.3, 0.4) is 0 Å². The van der Waals surface area contributed by atoms with Crippen LogP contribution in [0.25, 0.3) is 0 Å². The average molecular weight is 222 g/mol. The summed E-state index contributed by atoms with van der Waals surface area (Å²) >= 11 is 0. The third-order valence-electron chi connectivity index (χ3n) is 2.94. The van der Waals surface area contributed by atoms with Gasteiger partial charge in [-0.3, -0.25) is 0 Å². The molecule has 0 aliphatic carbocycles. The topological polar surface area (TPSA) is 38.5 Å². The van der Waals surface area contributed by atoms with Crippen molar-refractivity contribution < 1.29 is 4.74 Å². The van der Waals surface area contributed by atoms with Crippen molar-refractivity contribution in [1.29, 1.82) is 0 Å². The van der Waals surface area contributed by atoms with E-state index in [4.69, 9.17) is 10.5 Å². The SMILES string of the molecule is CCN(c1cccc(N)c1C)C(C)COC. The summed E-state index contributed by atoms with van der Waals surface area (Å²) in [6.07, 6.45) is 0. The van der Waals surface area contributed by atoms with Gasteiger partial charge in [0.1, 0.15) is 0 Å². The minimum absolute atomic E-state index is 0.357. The number of rotatable bonds is 5. The molecule has 2 N–H and O–H groups in total. The highest BCUT2D eigenvalue weighted by Gasteiger charge is 2.15. The van der Waals surface area contributed by atoms with E-state index in [1.807, 2.05) is 12.1 Å². The Balaban J connectivity index is 2.99. The molecule has 0 heterocycles. The van der Waals surface area contributed by atoms with Gasteiger partial charge in [-0.05, 0) is 38.5 Å². The van der Waals surface area contributed by atoms with E-state index in [0.29, 0.717) is 6.04 Å². The maximum atomic E-state index is 5.93. The summed E-state index contributed by atoms with van der Waals surface area (Å²) in [6, 6.07) is 6.41. The normalized spacial score (nSPS) is 12.5. The molecule has 3 nitrogen and oxygen atoms in total. The molecule has 0 aromatic heterocycles. The largest absolute Gasteiger partial charge is 0.398 e. The zero-order chi connectivity index (χ0) is 12.1. The van der Waals surface area contributed by atoms with Gasteiger partial charge in [0.15, 0.2) is 0 Å². The quantitative estimate of drug-likeness (QED) is 0.778. The molecule has 0 aliphatic heterocycles. The number of ether oxygens (including phenoxy) is 1. The van der Waals surface area contributed by atoms with Gasteiger partial charge in [0, 0.05) is 31.1 Å². The predicted molar refractivity (Wildman–Crippen MR) is 69.9 cm³/mol. The first-order valence-corrected chi connectivity index (χ1v) is 5.72. The number of benzene rings is 1. The molecule has 0 aliphatic rings. The second kappa shape index (κ2) is 5.75. The summed E-state index contributed by atoms with van der Waals surface area (Å²) in [6.45, 7) is 8.05. The molecule has 0 radical (unpaired) electrons. The van der Waals surface area contributed by atoms with E-state index in [0.717, 1.165) is 24.4 Å². The van der Waals surface area contributed by atoms with E-state index in [-0.39, 0.29) is 0 Å². The minimum atomic E-state index is 0.357. The third kappa shape index (κ3) is 2.67. The molecule has 0 saturated carbocycles. The van der Waals surface area contributed by atoms with E-state index >= 15 is 0 Å². The Morgan fingerprint density at radius 3 is 2.69 bits per heavy atom. The second-order valence-electron chi connectivity index (χ2n) is 4.08. The first-order valence-electron chi connectivity index (χ1n) is 5.72. The molecule has 0 amide bonds. The van der Waals surface area contributed by atoms with Crippen molar-refractivity contribution in [2.24, 2.45) is 0 Å². The fourth-order valence-corrected chi connectivity index (χ4v) is 2.00. The number of likely N-dealkylation sites (N-methyl/N-ethyl adjacent to an activating group) is 1. The number of hydrogen-bond acceptors (Lipinski definition) is 3. The Bertz CT molecular complexity index is 339. The van der Waals surface area contributed by atoms with Gasteiger partial charge in [-0.15, -0.1) is 0 Å². The van der Waals surface area contributed by atoms with Crippen molar-refractivity contribution >= 4 is 11.4 Å². The van der Waals surface area contributed by atoms with Crippen LogP contribution in [-0.2, 0) is 4.74 Å². The number of hydrogen-bond donors (Lipinski definition) is 1. The highest BCUT2D eigenvalue weighted by Crippen LogP contribution is 2.26. The predicted octanol–water partition coefficient (Wildman–Crippen LogP) is 2.44. The van der Waals surface area contributed by atoms with Crippen LogP contribution in [0.2, 0.25) is 0 Å². The van der Waals surface area contributed by atoms with Gasteiger partial charge in [-0.25, -0.2) is 0 Å². The second-order valence-corrected chi connectivity index (χ2v) is 4.08. The third-order valence-corrected chi connectivity index (χ3v) is 2.94. The number of nitrogen functional groups attached to an aromatic ring is 1.